The summed E-state index contributed by atoms with van der Waals surface area (Å²) in [6, 6.07) is 20.1. The summed E-state index contributed by atoms with van der Waals surface area (Å²) in [7, 11) is 0. The molecule has 0 unspecified atom stereocenters. The van der Waals surface area contributed by atoms with E-state index in [9.17, 15) is 9.59 Å². The molecule has 0 atom stereocenters. The number of hydrogen-bond acceptors (Lipinski definition) is 3. The van der Waals surface area contributed by atoms with Crippen LogP contribution < -0.4 is 5.32 Å². The molecule has 0 radical (unpaired) electrons. The summed E-state index contributed by atoms with van der Waals surface area (Å²) >= 11 is 0. The van der Waals surface area contributed by atoms with Crippen LogP contribution in [0.25, 0.3) is 33.0 Å². The number of piperazine rings is 1. The SMILES string of the molecule is O=C1CN(C(=O)c2ccc(-c3ccc(-c4cn[nH]c4)cc3)c3ccccc23)CCN1. The highest BCUT2D eigenvalue weighted by molar-refractivity contribution is 6.11. The van der Waals surface area contributed by atoms with Crippen LogP contribution in [0.15, 0.2) is 73.1 Å². The number of benzene rings is 3. The number of nitrogens with zero attached hydrogens (tertiary/aromatic N) is 2. The van der Waals surface area contributed by atoms with Gasteiger partial charge in [-0.15, -0.1) is 0 Å². The first-order valence-electron chi connectivity index (χ1n) is 9.88. The van der Waals surface area contributed by atoms with Crippen LogP contribution in [0.4, 0.5) is 0 Å². The molecule has 0 spiro atoms. The van der Waals surface area contributed by atoms with Gasteiger partial charge in [0.1, 0.15) is 0 Å². The van der Waals surface area contributed by atoms with Crippen molar-refractivity contribution >= 4 is 22.6 Å². The van der Waals surface area contributed by atoms with Crippen molar-refractivity contribution in [2.75, 3.05) is 19.6 Å². The standard InChI is InChI=1S/C24H20N4O2/c29-23-15-28(12-11-25-23)24(30)22-10-9-19(20-3-1-2-4-21(20)22)17-7-5-16(6-8-17)18-13-26-27-14-18/h1-10,13-14H,11-12,15H2,(H,25,29)(H,26,27). The second-order valence-corrected chi connectivity index (χ2v) is 7.35. The second-order valence-electron chi connectivity index (χ2n) is 7.35. The molecule has 0 bridgehead atoms. The topological polar surface area (TPSA) is 78.1 Å². The highest BCUT2D eigenvalue weighted by Crippen LogP contribution is 2.32. The predicted octanol–water partition coefficient (Wildman–Crippen LogP) is 3.47. The van der Waals surface area contributed by atoms with Crippen molar-refractivity contribution in [3.8, 4) is 22.3 Å². The Kier molecular flexibility index (Phi) is 4.52. The Morgan fingerprint density at radius 2 is 1.67 bits per heavy atom. The van der Waals surface area contributed by atoms with Gasteiger partial charge in [-0.1, -0.05) is 54.6 Å². The van der Waals surface area contributed by atoms with E-state index in [1.807, 2.05) is 42.6 Å². The van der Waals surface area contributed by atoms with Crippen LogP contribution in [0.3, 0.4) is 0 Å². The van der Waals surface area contributed by atoms with E-state index in [0.717, 1.165) is 33.0 Å². The zero-order chi connectivity index (χ0) is 20.5. The van der Waals surface area contributed by atoms with Crippen LogP contribution in [0.1, 0.15) is 10.4 Å². The van der Waals surface area contributed by atoms with Gasteiger partial charge in [-0.25, -0.2) is 0 Å². The van der Waals surface area contributed by atoms with Gasteiger partial charge in [0, 0.05) is 30.4 Å². The molecule has 1 aliphatic rings. The number of aromatic nitrogens is 2. The van der Waals surface area contributed by atoms with Crippen molar-refractivity contribution in [1.82, 2.24) is 20.4 Å². The Bertz CT molecular complexity index is 1230. The van der Waals surface area contributed by atoms with Crippen LogP contribution in [0.5, 0.6) is 0 Å². The lowest BCUT2D eigenvalue weighted by Crippen LogP contribution is -2.50. The molecule has 4 aromatic rings. The third-order valence-corrected chi connectivity index (χ3v) is 5.51. The molecule has 3 aromatic carbocycles. The second kappa shape index (κ2) is 7.48. The van der Waals surface area contributed by atoms with Crippen LogP contribution in [-0.2, 0) is 4.79 Å². The number of H-pyrrole nitrogens is 1. The lowest BCUT2D eigenvalue weighted by atomic mass is 9.93. The summed E-state index contributed by atoms with van der Waals surface area (Å²) < 4.78 is 0. The third-order valence-electron chi connectivity index (χ3n) is 5.51. The summed E-state index contributed by atoms with van der Waals surface area (Å²) in [4.78, 5) is 26.4. The zero-order valence-corrected chi connectivity index (χ0v) is 16.3. The van der Waals surface area contributed by atoms with Crippen LogP contribution in [0, 0.1) is 0 Å². The van der Waals surface area contributed by atoms with Crippen LogP contribution in [-0.4, -0.2) is 46.5 Å². The monoisotopic (exact) mass is 396 g/mol. The molecular weight excluding hydrogens is 376 g/mol. The largest absolute Gasteiger partial charge is 0.353 e. The van der Waals surface area contributed by atoms with Gasteiger partial charge in [-0.2, -0.15) is 5.10 Å². The van der Waals surface area contributed by atoms with Crippen molar-refractivity contribution in [3.05, 3.63) is 78.6 Å². The Morgan fingerprint density at radius 3 is 2.40 bits per heavy atom. The first-order chi connectivity index (χ1) is 14.7. The van der Waals surface area contributed by atoms with E-state index in [1.165, 1.54) is 0 Å². The van der Waals surface area contributed by atoms with Gasteiger partial charge in [-0.3, -0.25) is 14.7 Å². The fourth-order valence-corrected chi connectivity index (χ4v) is 3.97. The quantitative estimate of drug-likeness (QED) is 0.557. The minimum absolute atomic E-state index is 0.102. The summed E-state index contributed by atoms with van der Waals surface area (Å²) in [6.45, 7) is 1.12. The maximum atomic E-state index is 13.1. The van der Waals surface area contributed by atoms with Gasteiger partial charge in [-0.05, 0) is 33.5 Å². The number of amides is 2. The highest BCUT2D eigenvalue weighted by Gasteiger charge is 2.24. The smallest absolute Gasteiger partial charge is 0.255 e. The molecule has 2 heterocycles. The third kappa shape index (κ3) is 3.22. The number of carbonyl (C=O) groups excluding carboxylic acids is 2. The number of rotatable bonds is 3. The van der Waals surface area contributed by atoms with Gasteiger partial charge in [0.2, 0.25) is 5.91 Å². The lowest BCUT2D eigenvalue weighted by molar-refractivity contribution is -0.123. The lowest BCUT2D eigenvalue weighted by Gasteiger charge is -2.27. The molecule has 2 amide bonds. The molecule has 1 aromatic heterocycles. The molecular formula is C24H20N4O2. The van der Waals surface area contributed by atoms with Gasteiger partial charge < -0.3 is 10.2 Å². The molecule has 6 nitrogen and oxygen atoms in total. The number of fused-ring (bicyclic) bond motifs is 1. The minimum Gasteiger partial charge on any atom is -0.353 e. The van der Waals surface area contributed by atoms with Gasteiger partial charge >= 0.3 is 0 Å². The molecule has 1 fully saturated rings. The van der Waals surface area contributed by atoms with E-state index in [1.54, 1.807) is 11.1 Å². The van der Waals surface area contributed by atoms with Gasteiger partial charge in [0.05, 0.1) is 12.7 Å². The highest BCUT2D eigenvalue weighted by atomic mass is 16.2. The average Bonchev–Trinajstić information content (AvgIpc) is 3.33. The summed E-state index contributed by atoms with van der Waals surface area (Å²) in [5.74, 6) is -0.226. The van der Waals surface area contributed by atoms with Crippen molar-refractivity contribution in [1.29, 1.82) is 0 Å². The molecule has 148 valence electrons. The molecule has 1 aliphatic heterocycles. The molecule has 5 rings (SSSR count). The molecule has 0 aliphatic carbocycles. The predicted molar refractivity (Wildman–Crippen MR) is 116 cm³/mol. The van der Waals surface area contributed by atoms with Crippen molar-refractivity contribution in [3.63, 3.8) is 0 Å². The van der Waals surface area contributed by atoms with E-state index in [4.69, 9.17) is 0 Å². The van der Waals surface area contributed by atoms with E-state index >= 15 is 0 Å². The fourth-order valence-electron chi connectivity index (χ4n) is 3.97. The van der Waals surface area contributed by atoms with Gasteiger partial charge in [0.15, 0.2) is 0 Å². The maximum absolute atomic E-state index is 13.1. The van der Waals surface area contributed by atoms with E-state index < -0.39 is 0 Å². The summed E-state index contributed by atoms with van der Waals surface area (Å²) in [5.41, 5.74) is 4.90. The van der Waals surface area contributed by atoms with E-state index in [0.29, 0.717) is 18.7 Å². The summed E-state index contributed by atoms with van der Waals surface area (Å²) in [6.07, 6.45) is 3.66. The molecule has 0 saturated carbocycles. The van der Waals surface area contributed by atoms with Crippen LogP contribution >= 0.6 is 0 Å². The number of carbonyl (C=O) groups is 2. The van der Waals surface area contributed by atoms with Crippen molar-refractivity contribution in [2.24, 2.45) is 0 Å². The van der Waals surface area contributed by atoms with E-state index in [2.05, 4.69) is 39.8 Å². The average molecular weight is 396 g/mol. The minimum atomic E-state index is -0.117. The zero-order valence-electron chi connectivity index (χ0n) is 16.3. The first kappa shape index (κ1) is 18.1. The molecule has 30 heavy (non-hydrogen) atoms. The Hall–Kier alpha value is -3.93. The van der Waals surface area contributed by atoms with Crippen molar-refractivity contribution in [2.45, 2.75) is 0 Å². The number of hydrogen-bond donors (Lipinski definition) is 2. The van der Waals surface area contributed by atoms with Crippen molar-refractivity contribution < 1.29 is 9.59 Å². The maximum Gasteiger partial charge on any atom is 0.255 e. The number of aromatic amines is 1. The number of nitrogens with one attached hydrogen (secondary N) is 2. The molecule has 6 heteroatoms. The first-order valence-corrected chi connectivity index (χ1v) is 9.88. The summed E-state index contributed by atoms with van der Waals surface area (Å²) in [5, 5.41) is 11.5. The van der Waals surface area contributed by atoms with E-state index in [-0.39, 0.29) is 18.4 Å². The Balaban J connectivity index is 1.54. The molecule has 2 N–H and O–H groups in total. The van der Waals surface area contributed by atoms with Crippen LogP contribution in [0.2, 0.25) is 0 Å². The molecule has 1 saturated heterocycles. The fraction of sp³-hybridized carbons (Fsp3) is 0.125. The Morgan fingerprint density at radius 1 is 0.900 bits per heavy atom. The van der Waals surface area contributed by atoms with Gasteiger partial charge in [0.25, 0.3) is 5.91 Å². The normalized spacial score (nSPS) is 14.0. The Labute approximate surface area is 173 Å².